The lowest BCUT2D eigenvalue weighted by atomic mass is 10.1. The Labute approximate surface area is 143 Å². The van der Waals surface area contributed by atoms with Crippen molar-refractivity contribution in [3.05, 3.63) is 48.5 Å². The molecule has 1 aromatic carbocycles. The third-order valence-corrected chi connectivity index (χ3v) is 4.09. The Morgan fingerprint density at radius 3 is 2.92 bits per heavy atom. The second kappa shape index (κ2) is 6.31. The summed E-state index contributed by atoms with van der Waals surface area (Å²) in [4.78, 5) is 18.5. The quantitative estimate of drug-likeness (QED) is 0.719. The number of carbonyl (C=O) groups is 1. The molecule has 1 aliphatic rings. The van der Waals surface area contributed by atoms with Crippen molar-refractivity contribution in [2.75, 3.05) is 18.6 Å². The number of benzene rings is 1. The van der Waals surface area contributed by atoms with E-state index < -0.39 is 0 Å². The molecule has 2 aromatic heterocycles. The van der Waals surface area contributed by atoms with Crippen molar-refractivity contribution in [2.24, 2.45) is 0 Å². The van der Waals surface area contributed by atoms with Gasteiger partial charge in [-0.15, -0.1) is 5.10 Å². The van der Waals surface area contributed by atoms with E-state index in [1.54, 1.807) is 30.3 Å². The normalized spacial score (nSPS) is 17.1. The first-order valence-electron chi connectivity index (χ1n) is 7.81. The maximum Gasteiger partial charge on any atom is 0.232 e. The first-order valence-corrected chi connectivity index (χ1v) is 7.81. The van der Waals surface area contributed by atoms with E-state index in [2.05, 4.69) is 20.3 Å². The number of ether oxygens (including phenoxy) is 1. The summed E-state index contributed by atoms with van der Waals surface area (Å²) in [5.74, 6) is 1.27. The van der Waals surface area contributed by atoms with Crippen LogP contribution in [0.25, 0.3) is 11.5 Å². The lowest BCUT2D eigenvalue weighted by Crippen LogP contribution is -2.24. The van der Waals surface area contributed by atoms with Gasteiger partial charge in [0, 0.05) is 19.2 Å². The van der Waals surface area contributed by atoms with Gasteiger partial charge in [0.15, 0.2) is 0 Å². The minimum atomic E-state index is -0.171. The maximum absolute atomic E-state index is 12.5. The SMILES string of the molecule is COc1ccccc1N1C[C@@H](c2nc(-c3cccnn3)no2)CC1=O. The highest BCUT2D eigenvalue weighted by molar-refractivity contribution is 5.97. The van der Waals surface area contributed by atoms with Crippen LogP contribution < -0.4 is 9.64 Å². The van der Waals surface area contributed by atoms with Gasteiger partial charge in [-0.3, -0.25) is 4.79 Å². The highest BCUT2D eigenvalue weighted by Gasteiger charge is 2.36. The molecule has 1 aliphatic heterocycles. The largest absolute Gasteiger partial charge is 0.495 e. The van der Waals surface area contributed by atoms with Crippen LogP contribution in [-0.4, -0.2) is 39.9 Å². The van der Waals surface area contributed by atoms with Crippen molar-refractivity contribution in [2.45, 2.75) is 12.3 Å². The summed E-state index contributed by atoms with van der Waals surface area (Å²) in [6.45, 7) is 0.460. The van der Waals surface area contributed by atoms with E-state index in [4.69, 9.17) is 9.26 Å². The van der Waals surface area contributed by atoms with Gasteiger partial charge in [0.2, 0.25) is 17.6 Å². The van der Waals surface area contributed by atoms with Crippen LogP contribution in [0.3, 0.4) is 0 Å². The van der Waals surface area contributed by atoms with Crippen LogP contribution in [0.1, 0.15) is 18.2 Å². The molecule has 0 unspecified atom stereocenters. The van der Waals surface area contributed by atoms with Crippen LogP contribution in [0.4, 0.5) is 5.69 Å². The Kier molecular flexibility index (Phi) is 3.85. The summed E-state index contributed by atoms with van der Waals surface area (Å²) in [7, 11) is 1.59. The molecule has 0 N–H and O–H groups in total. The van der Waals surface area contributed by atoms with Crippen LogP contribution in [0.5, 0.6) is 5.75 Å². The molecule has 0 spiro atoms. The summed E-state index contributed by atoms with van der Waals surface area (Å²) in [5.41, 5.74) is 1.27. The minimum Gasteiger partial charge on any atom is -0.495 e. The Balaban J connectivity index is 1.58. The van der Waals surface area contributed by atoms with Crippen LogP contribution in [0.2, 0.25) is 0 Å². The molecule has 8 heteroatoms. The first-order chi connectivity index (χ1) is 12.3. The molecule has 0 aliphatic carbocycles. The van der Waals surface area contributed by atoms with Gasteiger partial charge in [-0.05, 0) is 24.3 Å². The predicted molar refractivity (Wildman–Crippen MR) is 88.0 cm³/mol. The fourth-order valence-electron chi connectivity index (χ4n) is 2.88. The van der Waals surface area contributed by atoms with Gasteiger partial charge < -0.3 is 14.2 Å². The topological polar surface area (TPSA) is 94.2 Å². The molecule has 0 bridgehead atoms. The number of methoxy groups -OCH3 is 1. The van der Waals surface area contributed by atoms with Gasteiger partial charge in [0.25, 0.3) is 0 Å². The van der Waals surface area contributed by atoms with Gasteiger partial charge in [-0.2, -0.15) is 10.1 Å². The molecule has 1 saturated heterocycles. The molecular weight excluding hydrogens is 322 g/mol. The predicted octanol–water partition coefficient (Wildman–Crippen LogP) is 2.06. The second-order valence-electron chi connectivity index (χ2n) is 5.64. The number of hydrogen-bond donors (Lipinski definition) is 0. The standard InChI is InChI=1S/C17H15N5O3/c1-24-14-7-3-2-6-13(14)22-10-11(9-15(22)23)17-19-16(21-25-17)12-5-4-8-18-20-12/h2-8,11H,9-10H2,1H3/t11-/m0/s1. The van der Waals surface area contributed by atoms with Crippen molar-refractivity contribution in [1.82, 2.24) is 20.3 Å². The van der Waals surface area contributed by atoms with E-state index in [9.17, 15) is 4.79 Å². The number of aromatic nitrogens is 4. The van der Waals surface area contributed by atoms with Crippen LogP contribution >= 0.6 is 0 Å². The van der Waals surface area contributed by atoms with Crippen LogP contribution in [0, 0.1) is 0 Å². The lowest BCUT2D eigenvalue weighted by molar-refractivity contribution is -0.117. The molecule has 3 heterocycles. The van der Waals surface area contributed by atoms with E-state index in [1.165, 1.54) is 0 Å². The Bertz CT molecular complexity index is 896. The Morgan fingerprint density at radius 2 is 2.12 bits per heavy atom. The van der Waals surface area contributed by atoms with Crippen molar-refractivity contribution < 1.29 is 14.1 Å². The van der Waals surface area contributed by atoms with Crippen LogP contribution in [-0.2, 0) is 4.79 Å². The van der Waals surface area contributed by atoms with Gasteiger partial charge in [0.05, 0.1) is 18.7 Å². The number of rotatable bonds is 4. The molecular formula is C17H15N5O3. The van der Waals surface area contributed by atoms with Crippen molar-refractivity contribution in [1.29, 1.82) is 0 Å². The highest BCUT2D eigenvalue weighted by atomic mass is 16.5. The number of para-hydroxylation sites is 2. The van der Waals surface area contributed by atoms with E-state index in [0.29, 0.717) is 36.1 Å². The number of carbonyl (C=O) groups excluding carboxylic acids is 1. The minimum absolute atomic E-state index is 0.00578. The van der Waals surface area contributed by atoms with E-state index in [1.807, 2.05) is 24.3 Å². The zero-order valence-electron chi connectivity index (χ0n) is 13.5. The van der Waals surface area contributed by atoms with Gasteiger partial charge in [-0.25, -0.2) is 0 Å². The smallest absolute Gasteiger partial charge is 0.232 e. The average Bonchev–Trinajstić information content (AvgIpc) is 3.29. The zero-order chi connectivity index (χ0) is 17.2. The molecule has 4 rings (SSSR count). The Morgan fingerprint density at radius 1 is 1.24 bits per heavy atom. The summed E-state index contributed by atoms with van der Waals surface area (Å²) in [5, 5.41) is 11.7. The number of anilines is 1. The lowest BCUT2D eigenvalue weighted by Gasteiger charge is -2.18. The van der Waals surface area contributed by atoms with Gasteiger partial charge in [-0.1, -0.05) is 17.3 Å². The summed E-state index contributed by atoms with van der Waals surface area (Å²) in [6.07, 6.45) is 1.88. The third-order valence-electron chi connectivity index (χ3n) is 4.09. The van der Waals surface area contributed by atoms with Crippen molar-refractivity contribution in [3.8, 4) is 17.3 Å². The molecule has 1 amide bonds. The molecule has 3 aromatic rings. The molecule has 25 heavy (non-hydrogen) atoms. The van der Waals surface area contributed by atoms with E-state index in [-0.39, 0.29) is 11.8 Å². The van der Waals surface area contributed by atoms with E-state index in [0.717, 1.165) is 5.69 Å². The molecule has 126 valence electrons. The molecule has 1 atom stereocenters. The van der Waals surface area contributed by atoms with Gasteiger partial charge >= 0.3 is 0 Å². The zero-order valence-corrected chi connectivity index (χ0v) is 13.5. The monoisotopic (exact) mass is 337 g/mol. The summed E-state index contributed by atoms with van der Waals surface area (Å²) in [6, 6.07) is 10.9. The fourth-order valence-corrected chi connectivity index (χ4v) is 2.88. The van der Waals surface area contributed by atoms with Crippen molar-refractivity contribution >= 4 is 11.6 Å². The Hall–Kier alpha value is -3.29. The molecule has 0 radical (unpaired) electrons. The second-order valence-corrected chi connectivity index (χ2v) is 5.64. The van der Waals surface area contributed by atoms with E-state index >= 15 is 0 Å². The number of nitrogens with zero attached hydrogens (tertiary/aromatic N) is 5. The molecule has 0 saturated carbocycles. The molecule has 8 nitrogen and oxygen atoms in total. The average molecular weight is 337 g/mol. The summed E-state index contributed by atoms with van der Waals surface area (Å²) < 4.78 is 10.7. The number of amides is 1. The van der Waals surface area contributed by atoms with Crippen molar-refractivity contribution in [3.63, 3.8) is 0 Å². The molecule has 1 fully saturated rings. The van der Waals surface area contributed by atoms with Crippen LogP contribution in [0.15, 0.2) is 47.1 Å². The van der Waals surface area contributed by atoms with Gasteiger partial charge in [0.1, 0.15) is 11.4 Å². The summed E-state index contributed by atoms with van der Waals surface area (Å²) >= 11 is 0. The maximum atomic E-state index is 12.5. The number of hydrogen-bond acceptors (Lipinski definition) is 7. The first kappa shape index (κ1) is 15.3. The highest BCUT2D eigenvalue weighted by Crippen LogP contribution is 2.36. The third kappa shape index (κ3) is 2.82. The fraction of sp³-hybridized carbons (Fsp3) is 0.235.